The standard InChI is InChI=1S/C19H31NO/c1-5-7-14-17(15(3)4)20-18(11-6-2)19(21)16-12-9-8-10-13-16/h5,7-10,12-13,15,17-21H,6,11,14H2,1-4H3/b7-5-/t17?,18-,19-/m1/s1. The Labute approximate surface area is 130 Å². The predicted molar refractivity (Wildman–Crippen MR) is 91.3 cm³/mol. The van der Waals surface area contributed by atoms with Crippen molar-refractivity contribution in [1.29, 1.82) is 0 Å². The van der Waals surface area contributed by atoms with E-state index >= 15 is 0 Å². The highest BCUT2D eigenvalue weighted by Gasteiger charge is 2.24. The molecule has 0 spiro atoms. The van der Waals surface area contributed by atoms with Gasteiger partial charge in [0.1, 0.15) is 0 Å². The zero-order valence-corrected chi connectivity index (χ0v) is 13.9. The van der Waals surface area contributed by atoms with Crippen LogP contribution in [0.1, 0.15) is 58.6 Å². The fourth-order valence-corrected chi connectivity index (χ4v) is 2.62. The van der Waals surface area contributed by atoms with E-state index in [0.29, 0.717) is 12.0 Å². The number of rotatable bonds is 9. The third-order valence-corrected chi connectivity index (χ3v) is 3.98. The van der Waals surface area contributed by atoms with Crippen LogP contribution in [0.4, 0.5) is 0 Å². The molecule has 0 saturated carbocycles. The van der Waals surface area contributed by atoms with Gasteiger partial charge in [-0.3, -0.25) is 0 Å². The van der Waals surface area contributed by atoms with Crippen LogP contribution in [-0.4, -0.2) is 17.2 Å². The topological polar surface area (TPSA) is 32.3 Å². The molecule has 0 bridgehead atoms. The minimum atomic E-state index is -0.446. The van der Waals surface area contributed by atoms with Crippen molar-refractivity contribution < 1.29 is 5.11 Å². The van der Waals surface area contributed by atoms with Crippen LogP contribution in [0.25, 0.3) is 0 Å². The van der Waals surface area contributed by atoms with Gasteiger partial charge >= 0.3 is 0 Å². The highest BCUT2D eigenvalue weighted by molar-refractivity contribution is 5.19. The Morgan fingerprint density at radius 1 is 1.14 bits per heavy atom. The molecule has 1 unspecified atom stereocenters. The summed E-state index contributed by atoms with van der Waals surface area (Å²) >= 11 is 0. The van der Waals surface area contributed by atoms with Crippen molar-refractivity contribution in [3.05, 3.63) is 48.0 Å². The van der Waals surface area contributed by atoms with E-state index in [2.05, 4.69) is 45.2 Å². The number of benzene rings is 1. The molecule has 0 fully saturated rings. The zero-order valence-electron chi connectivity index (χ0n) is 13.9. The summed E-state index contributed by atoms with van der Waals surface area (Å²) in [5.41, 5.74) is 0.997. The van der Waals surface area contributed by atoms with Crippen molar-refractivity contribution in [3.63, 3.8) is 0 Å². The van der Waals surface area contributed by atoms with E-state index < -0.39 is 6.10 Å². The first-order valence-corrected chi connectivity index (χ1v) is 8.20. The van der Waals surface area contributed by atoms with Gasteiger partial charge in [0.15, 0.2) is 0 Å². The van der Waals surface area contributed by atoms with Gasteiger partial charge in [-0.2, -0.15) is 0 Å². The van der Waals surface area contributed by atoms with Crippen LogP contribution < -0.4 is 5.32 Å². The quantitative estimate of drug-likeness (QED) is 0.657. The molecule has 0 radical (unpaired) electrons. The molecule has 0 aliphatic carbocycles. The van der Waals surface area contributed by atoms with Crippen LogP contribution in [0.15, 0.2) is 42.5 Å². The maximum atomic E-state index is 10.7. The van der Waals surface area contributed by atoms with Crippen LogP contribution in [-0.2, 0) is 0 Å². The van der Waals surface area contributed by atoms with Gasteiger partial charge in [0.05, 0.1) is 6.10 Å². The number of hydrogen-bond donors (Lipinski definition) is 2. The van der Waals surface area contributed by atoms with Gasteiger partial charge in [-0.1, -0.05) is 69.7 Å². The zero-order chi connectivity index (χ0) is 15.7. The molecule has 2 heteroatoms. The van der Waals surface area contributed by atoms with Gasteiger partial charge in [-0.05, 0) is 31.2 Å². The van der Waals surface area contributed by atoms with Crippen LogP contribution >= 0.6 is 0 Å². The fourth-order valence-electron chi connectivity index (χ4n) is 2.62. The molecule has 1 aromatic carbocycles. The molecule has 2 N–H and O–H groups in total. The monoisotopic (exact) mass is 289 g/mol. The summed E-state index contributed by atoms with van der Waals surface area (Å²) in [7, 11) is 0. The average Bonchev–Trinajstić information content (AvgIpc) is 2.50. The van der Waals surface area contributed by atoms with E-state index in [4.69, 9.17) is 0 Å². The highest BCUT2D eigenvalue weighted by Crippen LogP contribution is 2.22. The molecule has 21 heavy (non-hydrogen) atoms. The normalized spacial score (nSPS) is 16.3. The third-order valence-electron chi connectivity index (χ3n) is 3.98. The number of nitrogens with one attached hydrogen (secondary N) is 1. The van der Waals surface area contributed by atoms with Crippen LogP contribution in [0.3, 0.4) is 0 Å². The summed E-state index contributed by atoms with van der Waals surface area (Å²) in [6, 6.07) is 10.5. The molecule has 2 nitrogen and oxygen atoms in total. The van der Waals surface area contributed by atoms with Crippen LogP contribution in [0.5, 0.6) is 0 Å². The summed E-state index contributed by atoms with van der Waals surface area (Å²) in [6.07, 6.45) is 6.91. The Morgan fingerprint density at radius 3 is 2.33 bits per heavy atom. The lowest BCUT2D eigenvalue weighted by atomic mass is 9.94. The van der Waals surface area contributed by atoms with E-state index in [1.165, 1.54) is 0 Å². The first-order valence-electron chi connectivity index (χ1n) is 8.20. The van der Waals surface area contributed by atoms with Crippen molar-refractivity contribution >= 4 is 0 Å². The summed E-state index contributed by atoms with van der Waals surface area (Å²) < 4.78 is 0. The number of hydrogen-bond acceptors (Lipinski definition) is 2. The minimum Gasteiger partial charge on any atom is -0.387 e. The molecule has 0 aliphatic rings. The van der Waals surface area contributed by atoms with Crippen molar-refractivity contribution in [1.82, 2.24) is 5.32 Å². The lowest BCUT2D eigenvalue weighted by molar-refractivity contribution is 0.111. The van der Waals surface area contributed by atoms with E-state index in [9.17, 15) is 5.11 Å². The molecule has 1 rings (SSSR count). The first-order chi connectivity index (χ1) is 10.1. The Kier molecular flexibility index (Phi) is 8.33. The third kappa shape index (κ3) is 6.03. The second-order valence-electron chi connectivity index (χ2n) is 6.07. The van der Waals surface area contributed by atoms with Gasteiger partial charge in [-0.25, -0.2) is 0 Å². The van der Waals surface area contributed by atoms with Gasteiger partial charge in [0, 0.05) is 12.1 Å². The summed E-state index contributed by atoms with van der Waals surface area (Å²) in [4.78, 5) is 0. The SMILES string of the molecule is C/C=C\CC(N[C@H](CCC)[C@H](O)c1ccccc1)C(C)C. The number of aliphatic hydroxyl groups is 1. The molecule has 0 aromatic heterocycles. The lowest BCUT2D eigenvalue weighted by Gasteiger charge is -2.31. The van der Waals surface area contributed by atoms with Crippen molar-refractivity contribution in [3.8, 4) is 0 Å². The Hall–Kier alpha value is -1.12. The van der Waals surface area contributed by atoms with E-state index in [-0.39, 0.29) is 6.04 Å². The lowest BCUT2D eigenvalue weighted by Crippen LogP contribution is -2.44. The molecule has 118 valence electrons. The smallest absolute Gasteiger partial charge is 0.0943 e. The molecule has 1 aromatic rings. The molecule has 0 heterocycles. The first kappa shape index (κ1) is 17.9. The van der Waals surface area contributed by atoms with E-state index in [0.717, 1.165) is 24.8 Å². The summed E-state index contributed by atoms with van der Waals surface area (Å²) in [6.45, 7) is 8.70. The van der Waals surface area contributed by atoms with Crippen molar-refractivity contribution in [2.75, 3.05) is 0 Å². The van der Waals surface area contributed by atoms with E-state index in [1.807, 2.05) is 30.3 Å². The molecular weight excluding hydrogens is 258 g/mol. The largest absolute Gasteiger partial charge is 0.387 e. The molecule has 0 amide bonds. The van der Waals surface area contributed by atoms with Crippen molar-refractivity contribution in [2.24, 2.45) is 5.92 Å². The summed E-state index contributed by atoms with van der Waals surface area (Å²) in [5.74, 6) is 0.545. The predicted octanol–water partition coefficient (Wildman–Crippen LogP) is 4.47. The van der Waals surface area contributed by atoms with Gasteiger partial charge < -0.3 is 10.4 Å². The second-order valence-corrected chi connectivity index (χ2v) is 6.07. The van der Waals surface area contributed by atoms with Crippen LogP contribution in [0, 0.1) is 5.92 Å². The molecule has 3 atom stereocenters. The highest BCUT2D eigenvalue weighted by atomic mass is 16.3. The Balaban J connectivity index is 2.79. The van der Waals surface area contributed by atoms with E-state index in [1.54, 1.807) is 0 Å². The van der Waals surface area contributed by atoms with Gasteiger partial charge in [-0.15, -0.1) is 0 Å². The maximum Gasteiger partial charge on any atom is 0.0943 e. The van der Waals surface area contributed by atoms with Crippen LogP contribution in [0.2, 0.25) is 0 Å². The van der Waals surface area contributed by atoms with Crippen molar-refractivity contribution in [2.45, 2.75) is 65.1 Å². The van der Waals surface area contributed by atoms with Gasteiger partial charge in [0.2, 0.25) is 0 Å². The minimum absolute atomic E-state index is 0.107. The molecular formula is C19H31NO. The maximum absolute atomic E-state index is 10.7. The Morgan fingerprint density at radius 2 is 1.81 bits per heavy atom. The molecule has 0 aliphatic heterocycles. The fraction of sp³-hybridized carbons (Fsp3) is 0.579. The summed E-state index contributed by atoms with van der Waals surface area (Å²) in [5, 5.41) is 14.4. The second kappa shape index (κ2) is 9.75. The number of aliphatic hydroxyl groups excluding tert-OH is 1. The average molecular weight is 289 g/mol. The number of allylic oxidation sites excluding steroid dienone is 1. The van der Waals surface area contributed by atoms with Gasteiger partial charge in [0.25, 0.3) is 0 Å². The molecule has 0 saturated heterocycles. The Bertz CT molecular complexity index is 399.